The van der Waals surface area contributed by atoms with Gasteiger partial charge in [-0.3, -0.25) is 9.59 Å². The number of fused-ring (bicyclic) bond motifs is 2. The molecule has 1 aromatic rings. The maximum Gasteiger partial charge on any atom is 0.341 e. The van der Waals surface area contributed by atoms with E-state index >= 15 is 0 Å². The van der Waals surface area contributed by atoms with Crippen molar-refractivity contribution in [2.75, 3.05) is 32.7 Å². The summed E-state index contributed by atoms with van der Waals surface area (Å²) in [6.45, 7) is 5.89. The number of hydrogen-bond donors (Lipinski definition) is 1. The number of benzene rings is 1. The highest BCUT2D eigenvalue weighted by Crippen LogP contribution is 2.29. The topological polar surface area (TPSA) is 111 Å². The Morgan fingerprint density at radius 3 is 2.32 bits per heavy atom. The van der Waals surface area contributed by atoms with Crippen LogP contribution in [0.5, 0.6) is 0 Å². The summed E-state index contributed by atoms with van der Waals surface area (Å²) in [5.41, 5.74) is 0.713. The van der Waals surface area contributed by atoms with E-state index in [-0.39, 0.29) is 5.56 Å². The Balaban J connectivity index is 1.51. The molecule has 2 atom stereocenters. The van der Waals surface area contributed by atoms with Crippen molar-refractivity contribution >= 4 is 17.7 Å². The van der Waals surface area contributed by atoms with E-state index in [0.29, 0.717) is 54.1 Å². The Labute approximate surface area is 183 Å². The summed E-state index contributed by atoms with van der Waals surface area (Å²) < 4.78 is 0. The fourth-order valence-corrected chi connectivity index (χ4v) is 4.70. The van der Waals surface area contributed by atoms with Gasteiger partial charge in [-0.25, -0.2) is 10.6 Å². The van der Waals surface area contributed by atoms with Crippen molar-refractivity contribution in [1.29, 1.82) is 5.26 Å². The Hall–Kier alpha value is -2.76. The fraction of sp³-hybridized carbons (Fsp3) is 0.565. The number of hydrazine groups is 1. The van der Waals surface area contributed by atoms with Crippen molar-refractivity contribution < 1.29 is 14.4 Å². The number of imide groups is 1. The van der Waals surface area contributed by atoms with E-state index in [2.05, 4.69) is 4.90 Å². The zero-order valence-electron chi connectivity index (χ0n) is 18.1. The first-order chi connectivity index (χ1) is 14.9. The van der Waals surface area contributed by atoms with Crippen LogP contribution < -0.4 is 5.84 Å². The normalized spacial score (nSPS) is 20.7. The third-order valence-corrected chi connectivity index (χ3v) is 6.07. The van der Waals surface area contributed by atoms with Crippen molar-refractivity contribution in [1.82, 2.24) is 14.8 Å². The highest BCUT2D eigenvalue weighted by Gasteiger charge is 2.37. The number of nitrogens with zero attached hydrogens (tertiary/aromatic N) is 4. The van der Waals surface area contributed by atoms with Crippen molar-refractivity contribution in [3.63, 3.8) is 0 Å². The molecule has 8 heteroatoms. The van der Waals surface area contributed by atoms with Gasteiger partial charge in [0.2, 0.25) is 0 Å². The van der Waals surface area contributed by atoms with E-state index in [0.717, 1.165) is 38.9 Å². The SMILES string of the molecule is CCCC(=O)CCCN1CC2CC(C1)CN(C(=O)N(N)C(=O)c1ccc(C#N)cc1)C2. The van der Waals surface area contributed by atoms with Gasteiger partial charge in [0.25, 0.3) is 5.91 Å². The Kier molecular flexibility index (Phi) is 7.77. The first kappa shape index (κ1) is 22.9. The maximum atomic E-state index is 12.9. The van der Waals surface area contributed by atoms with Crippen LogP contribution in [0.25, 0.3) is 0 Å². The van der Waals surface area contributed by atoms with E-state index in [1.54, 1.807) is 4.90 Å². The van der Waals surface area contributed by atoms with Gasteiger partial charge in [0.05, 0.1) is 11.6 Å². The number of rotatable bonds is 7. The molecule has 2 N–H and O–H groups in total. The average molecular weight is 426 g/mol. The fourth-order valence-electron chi connectivity index (χ4n) is 4.70. The maximum absolute atomic E-state index is 12.9. The van der Waals surface area contributed by atoms with Gasteiger partial charge in [0.1, 0.15) is 5.78 Å². The van der Waals surface area contributed by atoms with Crippen LogP contribution in [0.1, 0.15) is 54.9 Å². The van der Waals surface area contributed by atoms with Gasteiger partial charge >= 0.3 is 6.03 Å². The zero-order valence-corrected chi connectivity index (χ0v) is 18.1. The zero-order chi connectivity index (χ0) is 22.4. The lowest BCUT2D eigenvalue weighted by Crippen LogP contribution is -2.58. The van der Waals surface area contributed by atoms with Crippen LogP contribution in [0, 0.1) is 23.2 Å². The van der Waals surface area contributed by atoms with Crippen LogP contribution in [-0.2, 0) is 4.79 Å². The number of carbonyl (C=O) groups excluding carboxylic acids is 3. The summed E-state index contributed by atoms with van der Waals surface area (Å²) in [4.78, 5) is 41.3. The number of Topliss-reactive ketones (excluding diaryl/α,β-unsaturated/α-hetero) is 1. The second kappa shape index (κ2) is 10.5. The molecule has 31 heavy (non-hydrogen) atoms. The predicted molar refractivity (Wildman–Crippen MR) is 116 cm³/mol. The minimum Gasteiger partial charge on any atom is -0.322 e. The third-order valence-electron chi connectivity index (χ3n) is 6.07. The third kappa shape index (κ3) is 5.90. The van der Waals surface area contributed by atoms with E-state index in [1.165, 1.54) is 24.3 Å². The first-order valence-electron chi connectivity index (χ1n) is 11.0. The van der Waals surface area contributed by atoms with Crippen LogP contribution in [0.2, 0.25) is 0 Å². The summed E-state index contributed by atoms with van der Waals surface area (Å²) >= 11 is 0. The van der Waals surface area contributed by atoms with Gasteiger partial charge in [-0.15, -0.1) is 0 Å². The Morgan fingerprint density at radius 2 is 1.74 bits per heavy atom. The summed E-state index contributed by atoms with van der Waals surface area (Å²) in [5.74, 6) is 6.33. The molecular formula is C23H31N5O3. The number of nitriles is 1. The number of piperidine rings is 2. The molecule has 8 nitrogen and oxygen atoms in total. The van der Waals surface area contributed by atoms with Crippen molar-refractivity contribution in [3.05, 3.63) is 35.4 Å². The van der Waals surface area contributed by atoms with Gasteiger partial charge < -0.3 is 9.80 Å². The first-order valence-corrected chi connectivity index (χ1v) is 11.0. The summed E-state index contributed by atoms with van der Waals surface area (Å²) in [7, 11) is 0. The number of urea groups is 1. The Bertz CT molecular complexity index is 834. The lowest BCUT2D eigenvalue weighted by atomic mass is 9.84. The molecule has 2 aliphatic rings. The second-order valence-electron chi connectivity index (χ2n) is 8.67. The molecule has 0 radical (unpaired) electrons. The lowest BCUT2D eigenvalue weighted by molar-refractivity contribution is -0.119. The molecule has 2 saturated heterocycles. The number of ketones is 1. The van der Waals surface area contributed by atoms with Crippen LogP contribution in [0.4, 0.5) is 4.79 Å². The molecule has 2 aliphatic heterocycles. The molecule has 0 aliphatic carbocycles. The molecule has 1 aromatic carbocycles. The molecule has 166 valence electrons. The summed E-state index contributed by atoms with van der Waals surface area (Å²) in [6, 6.07) is 7.57. The van der Waals surface area contributed by atoms with E-state index in [4.69, 9.17) is 11.1 Å². The summed E-state index contributed by atoms with van der Waals surface area (Å²) in [5, 5.41) is 9.56. The molecule has 0 saturated carbocycles. The molecule has 2 fully saturated rings. The largest absolute Gasteiger partial charge is 0.341 e. The van der Waals surface area contributed by atoms with Gasteiger partial charge in [0.15, 0.2) is 0 Å². The van der Waals surface area contributed by atoms with Gasteiger partial charge in [0, 0.05) is 44.6 Å². The minimum atomic E-state index is -0.580. The quantitative estimate of drug-likeness (QED) is 0.408. The molecule has 3 amide bonds. The minimum absolute atomic E-state index is 0.274. The highest BCUT2D eigenvalue weighted by molar-refractivity contribution is 6.03. The molecule has 0 aromatic heterocycles. The highest BCUT2D eigenvalue weighted by atomic mass is 16.2. The van der Waals surface area contributed by atoms with Crippen molar-refractivity contribution in [2.24, 2.45) is 17.7 Å². The van der Waals surface area contributed by atoms with Gasteiger partial charge in [-0.05, 0) is 61.9 Å². The van der Waals surface area contributed by atoms with E-state index in [1.807, 2.05) is 13.0 Å². The van der Waals surface area contributed by atoms with Crippen LogP contribution in [-0.4, -0.2) is 65.3 Å². The number of hydrogen-bond acceptors (Lipinski definition) is 6. The summed E-state index contributed by atoms with van der Waals surface area (Å²) in [6.07, 6.45) is 4.17. The molecule has 2 unspecified atom stereocenters. The van der Waals surface area contributed by atoms with Crippen LogP contribution in [0.3, 0.4) is 0 Å². The monoisotopic (exact) mass is 425 g/mol. The number of nitrogens with two attached hydrogens (primary N) is 1. The smallest absolute Gasteiger partial charge is 0.322 e. The molecular weight excluding hydrogens is 394 g/mol. The van der Waals surface area contributed by atoms with Gasteiger partial charge in [-0.1, -0.05) is 6.92 Å². The number of carbonyl (C=O) groups is 3. The second-order valence-corrected chi connectivity index (χ2v) is 8.67. The van der Waals surface area contributed by atoms with Gasteiger partial charge in [-0.2, -0.15) is 10.3 Å². The van der Waals surface area contributed by atoms with Crippen LogP contribution >= 0.6 is 0 Å². The molecule has 3 rings (SSSR count). The molecule has 0 spiro atoms. The van der Waals surface area contributed by atoms with E-state index < -0.39 is 11.9 Å². The number of likely N-dealkylation sites (tertiary alicyclic amines) is 2. The standard InChI is InChI=1S/C23H31N5O3/c1-2-4-21(29)5-3-10-26-13-18-11-19(14-26)16-27(15-18)23(31)28(25)22(30)20-8-6-17(12-24)7-9-20/h6-9,18-19H,2-5,10-11,13-16,25H2,1H3. The average Bonchev–Trinajstić information content (AvgIpc) is 2.77. The lowest BCUT2D eigenvalue weighted by Gasteiger charge is -2.46. The predicted octanol–water partition coefficient (Wildman–Crippen LogP) is 2.40. The van der Waals surface area contributed by atoms with Crippen LogP contribution in [0.15, 0.2) is 24.3 Å². The molecule has 2 heterocycles. The van der Waals surface area contributed by atoms with E-state index in [9.17, 15) is 14.4 Å². The molecule has 2 bridgehead atoms. The van der Waals surface area contributed by atoms with Crippen molar-refractivity contribution in [2.45, 2.75) is 39.0 Å². The Morgan fingerprint density at radius 1 is 1.10 bits per heavy atom. The number of amides is 3. The van der Waals surface area contributed by atoms with Crippen molar-refractivity contribution in [3.8, 4) is 6.07 Å².